The maximum atomic E-state index is 14.0. The molecule has 0 bridgehead atoms. The highest BCUT2D eigenvalue weighted by Crippen LogP contribution is 2.20. The molecule has 1 aliphatic heterocycles. The van der Waals surface area contributed by atoms with Gasteiger partial charge in [0.1, 0.15) is 30.8 Å². The molecule has 340 valence electrons. The van der Waals surface area contributed by atoms with Crippen molar-refractivity contribution in [1.82, 2.24) is 30.9 Å². The third-order valence-electron chi connectivity index (χ3n) is 9.76. The third kappa shape index (κ3) is 17.0. The van der Waals surface area contributed by atoms with Crippen molar-refractivity contribution in [3.8, 4) is 0 Å². The number of carboxylic acids is 1. The fraction of sp³-hybridized carbons (Fsp3) is 0.500. The van der Waals surface area contributed by atoms with Gasteiger partial charge in [0.25, 0.3) is 10.0 Å². The second-order valence-electron chi connectivity index (χ2n) is 14.8. The monoisotopic (exact) mass is 886 g/mol. The molecule has 2 aromatic carbocycles. The Hall–Kier alpha value is -6.29. The number of alkyl carbamates (subject to hydrolysis) is 1. The van der Waals surface area contributed by atoms with E-state index in [1.807, 2.05) is 30.3 Å². The average Bonchev–Trinajstić information content (AvgIpc) is 3.73. The lowest BCUT2D eigenvalue weighted by molar-refractivity contribution is -0.143. The molecule has 0 saturated carbocycles. The number of primary amides is 1. The zero-order chi connectivity index (χ0) is 45.8. The Kier molecular flexibility index (Phi) is 20.1. The number of aliphatic carboxylic acids is 1. The van der Waals surface area contributed by atoms with Crippen LogP contribution in [0.2, 0.25) is 0 Å². The van der Waals surface area contributed by atoms with E-state index in [1.54, 1.807) is 19.1 Å². The number of likely N-dealkylation sites (tertiary alicyclic amines) is 1. The molecule has 0 unspecified atom stereocenters. The summed E-state index contributed by atoms with van der Waals surface area (Å²) >= 11 is 0. The van der Waals surface area contributed by atoms with Gasteiger partial charge in [0.15, 0.2) is 0 Å². The number of nitrogens with two attached hydrogens (primary N) is 3. The normalized spacial score (nSPS) is 15.9. The minimum absolute atomic E-state index is 0.0249. The van der Waals surface area contributed by atoms with Gasteiger partial charge in [0.05, 0.1) is 10.9 Å². The summed E-state index contributed by atoms with van der Waals surface area (Å²) in [6.07, 6.45) is 0.571. The molecule has 21 nitrogen and oxygen atoms in total. The zero-order valence-electron chi connectivity index (χ0n) is 34.8. The first-order valence-electron chi connectivity index (χ1n) is 20.2. The zero-order valence-corrected chi connectivity index (χ0v) is 35.7. The topological polar surface area (TPSA) is 337 Å². The van der Waals surface area contributed by atoms with Crippen molar-refractivity contribution in [3.05, 3.63) is 65.7 Å². The highest BCUT2D eigenvalue weighted by Gasteiger charge is 2.39. The van der Waals surface area contributed by atoms with Crippen molar-refractivity contribution in [3.63, 3.8) is 0 Å². The largest absolute Gasteiger partial charge is 0.480 e. The first kappa shape index (κ1) is 50.1. The fourth-order valence-corrected chi connectivity index (χ4v) is 7.23. The Morgan fingerprint density at radius 3 is 2.21 bits per heavy atom. The molecule has 6 amide bonds. The van der Waals surface area contributed by atoms with Gasteiger partial charge in [-0.2, -0.15) is 0 Å². The summed E-state index contributed by atoms with van der Waals surface area (Å²) in [5.74, 6) is -5.23. The maximum absolute atomic E-state index is 14.0. The number of unbranched alkanes of at least 4 members (excludes halogenated alkanes) is 1. The molecule has 3 rings (SSSR count). The number of aryl methyl sites for hydroxylation is 1. The van der Waals surface area contributed by atoms with Crippen LogP contribution in [0.4, 0.5) is 4.79 Å². The van der Waals surface area contributed by atoms with E-state index >= 15 is 0 Å². The SMILES string of the molecule is Cc1ccc(S(=O)(=O)NC(N)=NCCC[C@H](NC(=O)[C@@H](N)CCC(N)=O)C(=O)N2CCC[C@H]2C(=O)N[C@@H](C)C(=O)N[C@@H](CCCCNC(=O)OCc2ccccc2)C(=O)O)cc1. The molecule has 1 heterocycles. The van der Waals surface area contributed by atoms with E-state index in [4.69, 9.17) is 21.9 Å². The lowest BCUT2D eigenvalue weighted by Crippen LogP contribution is -2.57. The molecule has 12 N–H and O–H groups in total. The van der Waals surface area contributed by atoms with Crippen LogP contribution in [0.15, 0.2) is 64.5 Å². The second kappa shape index (κ2) is 24.8. The highest BCUT2D eigenvalue weighted by molar-refractivity contribution is 7.90. The number of nitrogens with one attached hydrogen (secondary N) is 5. The number of aliphatic imine (C=N–C) groups is 1. The summed E-state index contributed by atoms with van der Waals surface area (Å²) in [4.78, 5) is 94.1. The van der Waals surface area contributed by atoms with Crippen LogP contribution >= 0.6 is 0 Å². The Morgan fingerprint density at radius 1 is 0.887 bits per heavy atom. The Morgan fingerprint density at radius 2 is 1.55 bits per heavy atom. The van der Waals surface area contributed by atoms with Gasteiger partial charge in [-0.3, -0.25) is 29.0 Å². The van der Waals surface area contributed by atoms with Crippen LogP contribution in [0.25, 0.3) is 0 Å². The van der Waals surface area contributed by atoms with Crippen molar-refractivity contribution in [1.29, 1.82) is 0 Å². The minimum atomic E-state index is -4.02. The van der Waals surface area contributed by atoms with Gasteiger partial charge in [0.2, 0.25) is 35.5 Å². The number of amides is 6. The van der Waals surface area contributed by atoms with E-state index in [2.05, 4.69) is 31.0 Å². The molecular formula is C40H58N10O11S. The number of carbonyl (C=O) groups excluding carboxylic acids is 6. The molecule has 62 heavy (non-hydrogen) atoms. The van der Waals surface area contributed by atoms with Crippen molar-refractivity contribution in [2.75, 3.05) is 19.6 Å². The predicted octanol–water partition coefficient (Wildman–Crippen LogP) is -0.392. The predicted molar refractivity (Wildman–Crippen MR) is 226 cm³/mol. The number of carbonyl (C=O) groups is 7. The molecule has 5 atom stereocenters. The number of hydrogen-bond acceptors (Lipinski definition) is 12. The van der Waals surface area contributed by atoms with Crippen molar-refractivity contribution in [2.24, 2.45) is 22.2 Å². The van der Waals surface area contributed by atoms with E-state index in [0.717, 1.165) is 11.1 Å². The molecule has 0 aliphatic carbocycles. The summed E-state index contributed by atoms with van der Waals surface area (Å²) in [5, 5.41) is 19.9. The molecule has 1 saturated heterocycles. The fourth-order valence-electron chi connectivity index (χ4n) is 6.28. The Bertz CT molecular complexity index is 2000. The van der Waals surface area contributed by atoms with E-state index in [9.17, 15) is 47.1 Å². The number of rotatable bonds is 24. The van der Waals surface area contributed by atoms with Crippen LogP contribution in [-0.4, -0.2) is 116 Å². The van der Waals surface area contributed by atoms with Gasteiger partial charge in [-0.1, -0.05) is 48.0 Å². The number of carboxylic acid groups (broad SMARTS) is 1. The van der Waals surface area contributed by atoms with Gasteiger partial charge >= 0.3 is 12.1 Å². The first-order valence-corrected chi connectivity index (χ1v) is 21.7. The van der Waals surface area contributed by atoms with Crippen LogP contribution in [0.3, 0.4) is 0 Å². The molecule has 1 fully saturated rings. The molecule has 22 heteroatoms. The average molecular weight is 887 g/mol. The molecule has 0 spiro atoms. The number of hydrogen-bond donors (Lipinski definition) is 9. The van der Waals surface area contributed by atoms with Crippen molar-refractivity contribution < 1.29 is 51.8 Å². The van der Waals surface area contributed by atoms with E-state index in [0.29, 0.717) is 19.3 Å². The van der Waals surface area contributed by atoms with Crippen LogP contribution in [-0.2, 0) is 50.1 Å². The summed E-state index contributed by atoms with van der Waals surface area (Å²) < 4.78 is 32.7. The van der Waals surface area contributed by atoms with Gasteiger partial charge < -0.3 is 53.2 Å². The second-order valence-corrected chi connectivity index (χ2v) is 16.5. The number of guanidine groups is 1. The summed E-state index contributed by atoms with van der Waals surface area (Å²) in [5.41, 5.74) is 18.7. The van der Waals surface area contributed by atoms with Gasteiger partial charge in [-0.25, -0.2) is 22.7 Å². The van der Waals surface area contributed by atoms with E-state index in [-0.39, 0.29) is 69.7 Å². The van der Waals surface area contributed by atoms with Crippen LogP contribution in [0.5, 0.6) is 0 Å². The first-order chi connectivity index (χ1) is 29.4. The molecule has 0 aromatic heterocycles. The van der Waals surface area contributed by atoms with Crippen LogP contribution in [0, 0.1) is 6.92 Å². The summed E-state index contributed by atoms with van der Waals surface area (Å²) in [6.45, 7) is 3.54. The smallest absolute Gasteiger partial charge is 0.407 e. The number of benzene rings is 2. The van der Waals surface area contributed by atoms with Crippen molar-refractivity contribution >= 4 is 57.6 Å². The standard InChI is InChI=1S/C40H58N10O11S/c1-25-15-17-28(18-16-25)62(59,60)49-39(43)44-22-8-13-30(47-35(53)29(41)19-20-33(42)51)37(55)50-23-9-14-32(50)36(54)46-26(2)34(52)48-31(38(56)57)12-6-7-21-45-40(58)61-24-27-10-4-3-5-11-27/h3-5,10-11,15-18,26,29-32H,6-9,12-14,19-24,41H2,1-2H3,(H2,42,51)(H,45,58)(H,46,54)(H,47,53)(H,48,52)(H,56,57)(H3,43,44,49)/t26-,29-,30-,31-,32-/m0/s1. The van der Waals surface area contributed by atoms with E-state index in [1.165, 1.54) is 24.0 Å². The maximum Gasteiger partial charge on any atom is 0.407 e. The van der Waals surface area contributed by atoms with Crippen molar-refractivity contribution in [2.45, 2.75) is 113 Å². The quantitative estimate of drug-likeness (QED) is 0.0369. The Balaban J connectivity index is 1.56. The molecule has 1 aliphatic rings. The van der Waals surface area contributed by atoms with Gasteiger partial charge in [0, 0.05) is 26.1 Å². The minimum Gasteiger partial charge on any atom is -0.480 e. The number of nitrogens with zero attached hydrogens (tertiary/aromatic N) is 2. The number of ether oxygens (including phenoxy) is 1. The highest BCUT2D eigenvalue weighted by atomic mass is 32.2. The third-order valence-corrected chi connectivity index (χ3v) is 11.1. The lowest BCUT2D eigenvalue weighted by Gasteiger charge is -2.30. The molecule has 2 aromatic rings. The van der Waals surface area contributed by atoms with Crippen LogP contribution < -0.4 is 43.2 Å². The Labute approximate surface area is 360 Å². The summed E-state index contributed by atoms with van der Waals surface area (Å²) in [7, 11) is -4.02. The van der Waals surface area contributed by atoms with E-state index < -0.39 is 87.8 Å². The van der Waals surface area contributed by atoms with Gasteiger partial charge in [-0.05, 0) is 82.9 Å². The molecule has 0 radical (unpaired) electrons. The molecular weight excluding hydrogens is 829 g/mol. The van der Waals surface area contributed by atoms with Crippen LogP contribution in [0.1, 0.15) is 75.8 Å². The summed E-state index contributed by atoms with van der Waals surface area (Å²) in [6, 6.07) is 9.21. The van der Waals surface area contributed by atoms with Gasteiger partial charge in [-0.15, -0.1) is 0 Å². The lowest BCUT2D eigenvalue weighted by atomic mass is 10.1. The number of sulfonamides is 1.